The van der Waals surface area contributed by atoms with Gasteiger partial charge >= 0.3 is 12.1 Å². The molecule has 4 aromatic heterocycles. The normalized spacial score (nSPS) is 33.3. The summed E-state index contributed by atoms with van der Waals surface area (Å²) >= 11 is 0. The molecule has 74 heavy (non-hydrogen) atoms. The molecule has 0 bridgehead atoms. The Morgan fingerprint density at radius 2 is 1.00 bits per heavy atom. The maximum atomic E-state index is 12.9. The minimum Gasteiger partial charge on any atom is -0.387 e. The van der Waals surface area contributed by atoms with Gasteiger partial charge in [-0.3, -0.25) is 9.13 Å². The van der Waals surface area contributed by atoms with Crippen molar-refractivity contribution in [2.75, 3.05) is 100 Å². The van der Waals surface area contributed by atoms with Gasteiger partial charge in [-0.25, -0.2) is 19.6 Å². The van der Waals surface area contributed by atoms with Gasteiger partial charge in [0, 0.05) is 89.7 Å². The molecule has 7 fully saturated rings. The standard InChI is InChI=1S/C46H70N18O10/c1-71-19-29-33(65)35(67)41(73-29)63-21-49-31-37(57-43(59-39(31)63)61-13-9-27(17-61)55-45(69)53-25-7-11-47-15-25)51-23-3-5-24(6-4-23)52-38-32-40(64(22-50-32)42-36(68)34(66)30(74-42)20-72-2)60-44(58-38)62-14-10-28(18-62)56-46(70)54-26-8-12-48-16-26/h21-30,33-36,41-42,47-48,65-68H,3-20H2,1-2H3,(H,51,57,59)(H,52,58,60)(H2,53,55,69)(H2,54,56,70)/t23?,24?,25-,26-,27-,28-,29-,30-,33-,34-,35-,36-,41-,42-/m1/s1. The Hall–Kier alpha value is -5.56. The third-order valence-electron chi connectivity index (χ3n) is 15.5. The number of imidazole rings is 2. The Morgan fingerprint density at radius 3 is 1.39 bits per heavy atom. The van der Waals surface area contributed by atoms with E-state index in [-0.39, 0.29) is 61.5 Å². The molecule has 12 N–H and O–H groups in total. The predicted molar refractivity (Wildman–Crippen MR) is 267 cm³/mol. The fourth-order valence-corrected chi connectivity index (χ4v) is 11.5. The zero-order chi connectivity index (χ0) is 51.0. The molecule has 12 atom stereocenters. The van der Waals surface area contributed by atoms with Crippen LogP contribution in [-0.2, 0) is 18.9 Å². The first-order valence-corrected chi connectivity index (χ1v) is 26.1. The van der Waals surface area contributed by atoms with Gasteiger partial charge in [-0.1, -0.05) is 0 Å². The molecule has 4 aromatic rings. The highest BCUT2D eigenvalue weighted by Gasteiger charge is 2.46. The number of methoxy groups -OCH3 is 2. The molecule has 6 aliphatic heterocycles. The van der Waals surface area contributed by atoms with Crippen LogP contribution in [-0.4, -0.2) is 224 Å². The lowest BCUT2D eigenvalue weighted by Gasteiger charge is -2.31. The average molecular weight is 1040 g/mol. The number of anilines is 4. The number of urea groups is 2. The van der Waals surface area contributed by atoms with Crippen LogP contribution in [0.3, 0.4) is 0 Å². The molecule has 0 unspecified atom stereocenters. The fraction of sp³-hybridized carbons (Fsp3) is 0.739. The first-order valence-electron chi connectivity index (χ1n) is 26.1. The van der Waals surface area contributed by atoms with Crippen LogP contribution in [0.5, 0.6) is 0 Å². The van der Waals surface area contributed by atoms with Gasteiger partial charge in [-0.2, -0.15) is 19.9 Å². The van der Waals surface area contributed by atoms with Crippen molar-refractivity contribution in [3.05, 3.63) is 12.7 Å². The highest BCUT2D eigenvalue weighted by atomic mass is 16.6. The lowest BCUT2D eigenvalue weighted by Crippen LogP contribution is -2.47. The topological polar surface area (TPSA) is 342 Å². The third-order valence-corrected chi connectivity index (χ3v) is 15.5. The minimum absolute atomic E-state index is 0.0176. The van der Waals surface area contributed by atoms with Crippen LogP contribution in [0, 0.1) is 0 Å². The van der Waals surface area contributed by atoms with E-state index in [1.165, 1.54) is 14.2 Å². The van der Waals surface area contributed by atoms with Crippen molar-refractivity contribution in [3.8, 4) is 0 Å². The fourth-order valence-electron chi connectivity index (χ4n) is 11.5. The molecule has 7 aliphatic rings. The summed E-state index contributed by atoms with van der Waals surface area (Å²) < 4.78 is 26.0. The quantitative estimate of drug-likeness (QED) is 0.0567. The molecule has 0 spiro atoms. The maximum absolute atomic E-state index is 12.9. The van der Waals surface area contributed by atoms with Gasteiger partial charge in [0.25, 0.3) is 0 Å². The summed E-state index contributed by atoms with van der Waals surface area (Å²) in [6.07, 6.45) is 0.771. The second-order valence-corrected chi connectivity index (χ2v) is 20.7. The number of aromatic nitrogens is 8. The van der Waals surface area contributed by atoms with E-state index < -0.39 is 49.1 Å². The summed E-state index contributed by atoms with van der Waals surface area (Å²) in [5, 5.41) is 70.4. The molecule has 10 heterocycles. The number of ether oxygens (including phenoxy) is 4. The summed E-state index contributed by atoms with van der Waals surface area (Å²) in [5.74, 6) is 1.88. The molecule has 28 nitrogen and oxygen atoms in total. The summed E-state index contributed by atoms with van der Waals surface area (Å²) in [5.41, 5.74) is 1.78. The van der Waals surface area contributed by atoms with Crippen LogP contribution in [0.4, 0.5) is 33.1 Å². The lowest BCUT2D eigenvalue weighted by molar-refractivity contribution is -0.0580. The van der Waals surface area contributed by atoms with Crippen molar-refractivity contribution in [1.29, 1.82) is 0 Å². The number of hydrogen-bond donors (Lipinski definition) is 12. The first kappa shape index (κ1) is 50.6. The SMILES string of the molecule is COC[C@H]1O[C@@H](n2cnc3c(NC4CCC(Nc5nc(N6CC[C@@H](NC(=O)N[C@@H]7CCNC7)C6)nc6c5ncn6[C@@H]5O[C@H](COC)[C@@H](O)[C@H]5O)CC4)nc(N4CC[C@@H](NC(=O)N[C@@H]5CCNC5)C4)nc32)[C@H](O)[C@@H]1O. The zero-order valence-corrected chi connectivity index (χ0v) is 41.7. The second-order valence-electron chi connectivity index (χ2n) is 20.7. The smallest absolute Gasteiger partial charge is 0.315 e. The summed E-state index contributed by atoms with van der Waals surface area (Å²) in [7, 11) is 3.01. The van der Waals surface area contributed by atoms with Crippen LogP contribution in [0.25, 0.3) is 22.3 Å². The van der Waals surface area contributed by atoms with E-state index in [0.29, 0.717) is 84.9 Å². The van der Waals surface area contributed by atoms with Gasteiger partial charge in [0.2, 0.25) is 11.9 Å². The number of amides is 4. The number of rotatable bonds is 16. The van der Waals surface area contributed by atoms with Crippen LogP contribution in [0.2, 0.25) is 0 Å². The lowest BCUT2D eigenvalue weighted by atomic mass is 9.91. The molecule has 11 rings (SSSR count). The Labute approximate surface area is 426 Å². The molecular weight excluding hydrogens is 965 g/mol. The number of carbonyl (C=O) groups excluding carboxylic acids is 2. The Kier molecular flexibility index (Phi) is 15.0. The van der Waals surface area contributed by atoms with Gasteiger partial charge < -0.3 is 91.7 Å². The molecule has 1 saturated carbocycles. The van der Waals surface area contributed by atoms with E-state index in [4.69, 9.17) is 48.9 Å². The Balaban J connectivity index is 0.810. The molecule has 1 aliphatic carbocycles. The van der Waals surface area contributed by atoms with Crippen molar-refractivity contribution >= 4 is 57.9 Å². The van der Waals surface area contributed by atoms with E-state index in [2.05, 4.69) is 42.5 Å². The second kappa shape index (κ2) is 22.0. The van der Waals surface area contributed by atoms with E-state index >= 15 is 0 Å². The van der Waals surface area contributed by atoms with Crippen molar-refractivity contribution < 1.29 is 49.0 Å². The van der Waals surface area contributed by atoms with Crippen molar-refractivity contribution in [2.45, 2.75) is 137 Å². The summed E-state index contributed by atoms with van der Waals surface area (Å²) in [6.45, 7) is 5.55. The van der Waals surface area contributed by atoms with E-state index in [9.17, 15) is 30.0 Å². The van der Waals surface area contributed by atoms with Crippen LogP contribution in [0.1, 0.15) is 63.8 Å². The number of hydrogen-bond acceptors (Lipinski definition) is 22. The molecule has 0 aromatic carbocycles. The number of nitrogens with zero attached hydrogens (tertiary/aromatic N) is 10. The van der Waals surface area contributed by atoms with Crippen molar-refractivity contribution in [1.82, 2.24) is 70.9 Å². The van der Waals surface area contributed by atoms with Gasteiger partial charge in [-0.15, -0.1) is 0 Å². The summed E-state index contributed by atoms with van der Waals surface area (Å²) in [4.78, 5) is 59.5. The van der Waals surface area contributed by atoms with E-state index in [1.807, 2.05) is 9.80 Å². The molecule has 404 valence electrons. The summed E-state index contributed by atoms with van der Waals surface area (Å²) in [6, 6.07) is -0.531. The van der Waals surface area contributed by atoms with Crippen LogP contribution >= 0.6 is 0 Å². The number of nitrogens with one attached hydrogen (secondary N) is 8. The number of aliphatic hydroxyl groups excluding tert-OH is 4. The highest BCUT2D eigenvalue weighted by Crippen LogP contribution is 2.37. The zero-order valence-electron chi connectivity index (χ0n) is 41.7. The van der Waals surface area contributed by atoms with E-state index in [0.717, 1.165) is 64.7 Å². The maximum Gasteiger partial charge on any atom is 0.315 e. The molecule has 6 saturated heterocycles. The van der Waals surface area contributed by atoms with Crippen LogP contribution in [0.15, 0.2) is 12.7 Å². The van der Waals surface area contributed by atoms with Gasteiger partial charge in [0.05, 0.1) is 25.9 Å². The van der Waals surface area contributed by atoms with Gasteiger partial charge in [0.15, 0.2) is 46.4 Å². The van der Waals surface area contributed by atoms with Gasteiger partial charge in [0.1, 0.15) is 36.6 Å². The van der Waals surface area contributed by atoms with Gasteiger partial charge in [-0.05, 0) is 64.5 Å². The Bertz CT molecular complexity index is 2420. The van der Waals surface area contributed by atoms with Crippen molar-refractivity contribution in [3.63, 3.8) is 0 Å². The minimum atomic E-state index is -1.27. The molecule has 28 heteroatoms. The third kappa shape index (κ3) is 10.5. The largest absolute Gasteiger partial charge is 0.387 e. The molecule has 0 radical (unpaired) electrons. The molecular formula is C46H70N18O10. The van der Waals surface area contributed by atoms with Crippen molar-refractivity contribution in [2.24, 2.45) is 0 Å². The molecule has 4 amide bonds. The highest BCUT2D eigenvalue weighted by molar-refractivity contribution is 5.86. The predicted octanol–water partition coefficient (Wildman–Crippen LogP) is -2.19. The van der Waals surface area contributed by atoms with E-state index in [1.54, 1.807) is 21.8 Å². The number of carbonyl (C=O) groups is 2. The Morgan fingerprint density at radius 1 is 0.581 bits per heavy atom. The van der Waals surface area contributed by atoms with Crippen LogP contribution < -0.4 is 52.3 Å². The average Bonchev–Trinajstić information content (AvgIpc) is 4.27. The number of fused-ring (bicyclic) bond motifs is 2. The number of aliphatic hydroxyl groups is 4. The first-order chi connectivity index (χ1) is 36.0. The monoisotopic (exact) mass is 1030 g/mol.